The van der Waals surface area contributed by atoms with Crippen LogP contribution in [0.4, 0.5) is 5.69 Å². The maximum Gasteiger partial charge on any atom is 0.338 e. The standard InChI is InChI=1S/C29H32BrN3O6/c1-4-38-29(36)19-10-12-22(13-11-19)33-28(35)23(18(2)32-33)14-20-15-25(37-3)26(16-24(20)30)39-17-27(34)31-21-8-6-5-7-9-21/h10-16,21H,4-9,17H2,1-3H3,(H,31,34)/b23-14+. The lowest BCUT2D eigenvalue weighted by Crippen LogP contribution is -2.39. The number of carbonyl (C=O) groups is 3. The summed E-state index contributed by atoms with van der Waals surface area (Å²) in [7, 11) is 1.52. The minimum Gasteiger partial charge on any atom is -0.493 e. The zero-order valence-electron chi connectivity index (χ0n) is 22.3. The number of anilines is 1. The van der Waals surface area contributed by atoms with Gasteiger partial charge >= 0.3 is 5.97 Å². The van der Waals surface area contributed by atoms with Crippen molar-refractivity contribution >= 4 is 51.2 Å². The van der Waals surface area contributed by atoms with Crippen molar-refractivity contribution in [3.8, 4) is 11.5 Å². The molecule has 1 fully saturated rings. The van der Waals surface area contributed by atoms with Gasteiger partial charge in [0.2, 0.25) is 0 Å². The number of halogens is 1. The fourth-order valence-electron chi connectivity index (χ4n) is 4.56. The molecule has 0 spiro atoms. The third-order valence-corrected chi connectivity index (χ3v) is 7.28. The fourth-order valence-corrected chi connectivity index (χ4v) is 5.00. The molecular formula is C29H32BrN3O6. The van der Waals surface area contributed by atoms with Gasteiger partial charge in [-0.15, -0.1) is 0 Å². The molecule has 2 amide bonds. The predicted molar refractivity (Wildman–Crippen MR) is 152 cm³/mol. The fraction of sp³-hybridized carbons (Fsp3) is 0.379. The molecule has 9 nitrogen and oxygen atoms in total. The molecule has 1 heterocycles. The monoisotopic (exact) mass is 597 g/mol. The number of ether oxygens (including phenoxy) is 3. The van der Waals surface area contributed by atoms with Crippen molar-refractivity contribution in [1.82, 2.24) is 5.32 Å². The van der Waals surface area contributed by atoms with Crippen molar-refractivity contribution in [1.29, 1.82) is 0 Å². The first kappa shape index (κ1) is 28.4. The number of carbonyl (C=O) groups excluding carboxylic acids is 3. The van der Waals surface area contributed by atoms with Gasteiger partial charge in [-0.2, -0.15) is 10.1 Å². The smallest absolute Gasteiger partial charge is 0.338 e. The highest BCUT2D eigenvalue weighted by atomic mass is 79.9. The SMILES string of the molecule is CCOC(=O)c1ccc(N2N=C(C)/C(=C\c3cc(OC)c(OCC(=O)NC4CCCCC4)cc3Br)C2=O)cc1. The van der Waals surface area contributed by atoms with Gasteiger partial charge in [0.25, 0.3) is 11.8 Å². The number of amides is 2. The molecule has 0 aromatic heterocycles. The summed E-state index contributed by atoms with van der Waals surface area (Å²) in [6.45, 7) is 3.66. The van der Waals surface area contributed by atoms with Crippen LogP contribution in [0.15, 0.2) is 51.5 Å². The van der Waals surface area contributed by atoms with Crippen LogP contribution in [0.2, 0.25) is 0 Å². The summed E-state index contributed by atoms with van der Waals surface area (Å²) < 4.78 is 17.0. The summed E-state index contributed by atoms with van der Waals surface area (Å²) >= 11 is 3.55. The van der Waals surface area contributed by atoms with Crippen LogP contribution in [0.3, 0.4) is 0 Å². The average molecular weight is 598 g/mol. The van der Waals surface area contributed by atoms with Gasteiger partial charge in [0.05, 0.1) is 36.3 Å². The van der Waals surface area contributed by atoms with Crippen molar-refractivity contribution in [3.05, 3.63) is 57.6 Å². The molecule has 206 valence electrons. The maximum atomic E-state index is 13.3. The van der Waals surface area contributed by atoms with Crippen LogP contribution in [-0.4, -0.2) is 49.9 Å². The highest BCUT2D eigenvalue weighted by Gasteiger charge is 2.29. The van der Waals surface area contributed by atoms with E-state index in [0.29, 0.717) is 44.1 Å². The summed E-state index contributed by atoms with van der Waals surface area (Å²) in [4.78, 5) is 37.6. The maximum absolute atomic E-state index is 13.3. The lowest BCUT2D eigenvalue weighted by molar-refractivity contribution is -0.124. The van der Waals surface area contributed by atoms with E-state index in [1.54, 1.807) is 56.3 Å². The number of methoxy groups -OCH3 is 1. The van der Waals surface area contributed by atoms with Crippen molar-refractivity contribution in [3.63, 3.8) is 0 Å². The first-order valence-electron chi connectivity index (χ1n) is 13.0. The third-order valence-electron chi connectivity index (χ3n) is 6.60. The molecule has 1 aliphatic heterocycles. The number of rotatable bonds is 9. The molecule has 10 heteroatoms. The van der Waals surface area contributed by atoms with E-state index in [1.807, 2.05) is 0 Å². The molecule has 2 aromatic carbocycles. The van der Waals surface area contributed by atoms with Crippen molar-refractivity contribution in [2.24, 2.45) is 5.10 Å². The Labute approximate surface area is 236 Å². The van der Waals surface area contributed by atoms with Crippen LogP contribution in [0.5, 0.6) is 11.5 Å². The molecule has 1 aliphatic carbocycles. The number of benzene rings is 2. The molecular weight excluding hydrogens is 566 g/mol. The Kier molecular flexibility index (Phi) is 9.40. The Bertz CT molecular complexity index is 1300. The molecule has 1 N–H and O–H groups in total. The quantitative estimate of drug-likeness (QED) is 0.312. The van der Waals surface area contributed by atoms with Gasteiger partial charge in [0, 0.05) is 10.5 Å². The zero-order valence-corrected chi connectivity index (χ0v) is 23.9. The lowest BCUT2D eigenvalue weighted by Gasteiger charge is -2.22. The van der Waals surface area contributed by atoms with Gasteiger partial charge in [-0.3, -0.25) is 9.59 Å². The van der Waals surface area contributed by atoms with E-state index in [4.69, 9.17) is 14.2 Å². The van der Waals surface area contributed by atoms with Crippen LogP contribution in [0.25, 0.3) is 6.08 Å². The third kappa shape index (κ3) is 6.86. The highest BCUT2D eigenvalue weighted by molar-refractivity contribution is 9.10. The van der Waals surface area contributed by atoms with Crippen molar-refractivity contribution in [2.75, 3.05) is 25.3 Å². The Balaban J connectivity index is 1.47. The average Bonchev–Trinajstić information content (AvgIpc) is 3.22. The Morgan fingerprint density at radius 3 is 2.51 bits per heavy atom. The first-order chi connectivity index (χ1) is 18.8. The topological polar surface area (TPSA) is 107 Å². The first-order valence-corrected chi connectivity index (χ1v) is 13.8. The second kappa shape index (κ2) is 12.9. The molecule has 4 rings (SSSR count). The second-order valence-corrected chi connectivity index (χ2v) is 10.2. The minimum atomic E-state index is -0.423. The molecule has 2 aliphatic rings. The molecule has 39 heavy (non-hydrogen) atoms. The number of hydrogen-bond acceptors (Lipinski definition) is 7. The van der Waals surface area contributed by atoms with Gasteiger partial charge in [-0.1, -0.05) is 35.2 Å². The van der Waals surface area contributed by atoms with Crippen LogP contribution < -0.4 is 19.8 Å². The number of nitrogens with zero attached hydrogens (tertiary/aromatic N) is 2. The van der Waals surface area contributed by atoms with Gasteiger partial charge in [0.15, 0.2) is 18.1 Å². The van der Waals surface area contributed by atoms with Crippen LogP contribution in [0, 0.1) is 0 Å². The molecule has 2 aromatic rings. The van der Waals surface area contributed by atoms with Crippen LogP contribution in [0.1, 0.15) is 61.9 Å². The largest absolute Gasteiger partial charge is 0.493 e. The van der Waals surface area contributed by atoms with Crippen LogP contribution in [-0.2, 0) is 14.3 Å². The van der Waals surface area contributed by atoms with E-state index in [1.165, 1.54) is 18.5 Å². The van der Waals surface area contributed by atoms with Crippen molar-refractivity contribution in [2.45, 2.75) is 52.0 Å². The van der Waals surface area contributed by atoms with Gasteiger partial charge in [0.1, 0.15) is 0 Å². The van der Waals surface area contributed by atoms with Gasteiger partial charge in [-0.05, 0) is 74.7 Å². The number of nitrogens with one attached hydrogen (secondary N) is 1. The molecule has 0 unspecified atom stereocenters. The predicted octanol–water partition coefficient (Wildman–Crippen LogP) is 5.27. The molecule has 0 saturated heterocycles. The van der Waals surface area contributed by atoms with Gasteiger partial charge in [-0.25, -0.2) is 4.79 Å². The van der Waals surface area contributed by atoms with E-state index >= 15 is 0 Å². The van der Waals surface area contributed by atoms with E-state index in [9.17, 15) is 14.4 Å². The molecule has 0 radical (unpaired) electrons. The minimum absolute atomic E-state index is 0.117. The number of hydrazone groups is 1. The van der Waals surface area contributed by atoms with E-state index in [2.05, 4.69) is 26.3 Å². The van der Waals surface area contributed by atoms with E-state index < -0.39 is 5.97 Å². The van der Waals surface area contributed by atoms with Gasteiger partial charge < -0.3 is 19.5 Å². The van der Waals surface area contributed by atoms with E-state index in [-0.39, 0.29) is 31.1 Å². The lowest BCUT2D eigenvalue weighted by atomic mass is 9.95. The number of hydrogen-bond donors (Lipinski definition) is 1. The number of esters is 1. The molecule has 0 bridgehead atoms. The summed E-state index contributed by atoms with van der Waals surface area (Å²) in [5, 5.41) is 8.75. The highest BCUT2D eigenvalue weighted by Crippen LogP contribution is 2.36. The van der Waals surface area contributed by atoms with Crippen LogP contribution >= 0.6 is 15.9 Å². The zero-order chi connectivity index (χ0) is 27.9. The van der Waals surface area contributed by atoms with Crippen molar-refractivity contribution < 1.29 is 28.6 Å². The summed E-state index contributed by atoms with van der Waals surface area (Å²) in [5.74, 6) is -0.0427. The molecule has 0 atom stereocenters. The summed E-state index contributed by atoms with van der Waals surface area (Å²) in [6.07, 6.45) is 7.21. The van der Waals surface area contributed by atoms with E-state index in [0.717, 1.165) is 25.7 Å². The Morgan fingerprint density at radius 2 is 1.85 bits per heavy atom. The second-order valence-electron chi connectivity index (χ2n) is 9.34. The molecule has 1 saturated carbocycles. The summed E-state index contributed by atoms with van der Waals surface area (Å²) in [6, 6.07) is 10.2. The summed E-state index contributed by atoms with van der Waals surface area (Å²) in [5.41, 5.74) is 2.56. The Morgan fingerprint density at radius 1 is 1.13 bits per heavy atom. The normalized spacial score (nSPS) is 16.7. The Hall–Kier alpha value is -3.66.